The van der Waals surface area contributed by atoms with E-state index < -0.39 is 0 Å². The molecular weight excluding hydrogens is 265 g/mol. The molecule has 0 aliphatic heterocycles. The lowest BCUT2D eigenvalue weighted by Gasteiger charge is -2.16. The first kappa shape index (κ1) is 15.2. The van der Waals surface area contributed by atoms with Crippen LogP contribution in [0.1, 0.15) is 47.8 Å². The van der Waals surface area contributed by atoms with Gasteiger partial charge >= 0.3 is 0 Å². The summed E-state index contributed by atoms with van der Waals surface area (Å²) >= 11 is 0. The highest BCUT2D eigenvalue weighted by atomic mass is 19.1. The first-order chi connectivity index (χ1) is 10.0. The summed E-state index contributed by atoms with van der Waals surface area (Å²) in [4.78, 5) is 11.6. The number of carbonyl (C=O) groups excluding carboxylic acids is 1. The third-order valence-electron chi connectivity index (χ3n) is 3.61. The number of carbonyl (C=O) groups is 1. The van der Waals surface area contributed by atoms with E-state index in [1.54, 1.807) is 19.1 Å². The van der Waals surface area contributed by atoms with Gasteiger partial charge in [-0.15, -0.1) is 0 Å². The van der Waals surface area contributed by atoms with Gasteiger partial charge in [-0.25, -0.2) is 4.39 Å². The van der Waals surface area contributed by atoms with Gasteiger partial charge in [0.25, 0.3) is 0 Å². The Morgan fingerprint density at radius 1 is 1.19 bits per heavy atom. The maximum absolute atomic E-state index is 13.6. The molecule has 110 valence electrons. The molecule has 0 amide bonds. The summed E-state index contributed by atoms with van der Waals surface area (Å²) < 4.78 is 13.6. The number of hydrogen-bond donors (Lipinski definition) is 1. The van der Waals surface area contributed by atoms with Gasteiger partial charge in [0.1, 0.15) is 5.82 Å². The van der Waals surface area contributed by atoms with Crippen molar-refractivity contribution in [1.29, 1.82) is 0 Å². The van der Waals surface area contributed by atoms with E-state index >= 15 is 0 Å². The maximum atomic E-state index is 13.6. The monoisotopic (exact) mass is 285 g/mol. The molecule has 0 bridgehead atoms. The summed E-state index contributed by atoms with van der Waals surface area (Å²) in [5.41, 5.74) is 3.17. The Morgan fingerprint density at radius 3 is 2.43 bits per heavy atom. The predicted molar refractivity (Wildman–Crippen MR) is 84.2 cm³/mol. The quantitative estimate of drug-likeness (QED) is 0.792. The van der Waals surface area contributed by atoms with Crippen molar-refractivity contribution in [3.05, 3.63) is 65.0 Å². The second kappa shape index (κ2) is 6.53. The van der Waals surface area contributed by atoms with Gasteiger partial charge < -0.3 is 5.32 Å². The van der Waals surface area contributed by atoms with Crippen LogP contribution in [0.5, 0.6) is 0 Å². The van der Waals surface area contributed by atoms with Gasteiger partial charge in [0.05, 0.1) is 0 Å². The van der Waals surface area contributed by atoms with Crippen LogP contribution in [0, 0.1) is 12.7 Å². The fraction of sp³-hybridized carbons (Fsp3) is 0.278. The average Bonchev–Trinajstić information content (AvgIpc) is 2.50. The largest absolute Gasteiger partial charge is 0.379 e. The Kier molecular flexibility index (Phi) is 4.73. The fourth-order valence-electron chi connectivity index (χ4n) is 2.17. The highest BCUT2D eigenvalue weighted by molar-refractivity contribution is 5.96. The van der Waals surface area contributed by atoms with Gasteiger partial charge in [-0.2, -0.15) is 0 Å². The summed E-state index contributed by atoms with van der Waals surface area (Å²) in [7, 11) is 0. The molecule has 0 spiro atoms. The van der Waals surface area contributed by atoms with E-state index in [2.05, 4.69) is 5.32 Å². The average molecular weight is 285 g/mol. The first-order valence-electron chi connectivity index (χ1n) is 7.17. The molecule has 3 heteroatoms. The van der Waals surface area contributed by atoms with Crippen LogP contribution in [0.15, 0.2) is 42.5 Å². The molecule has 2 aromatic rings. The number of nitrogens with one attached hydrogen (secondary N) is 1. The van der Waals surface area contributed by atoms with E-state index in [4.69, 9.17) is 0 Å². The van der Waals surface area contributed by atoms with E-state index in [1.807, 2.05) is 44.2 Å². The molecule has 0 aliphatic rings. The number of halogens is 1. The first-order valence-corrected chi connectivity index (χ1v) is 7.17. The molecule has 0 aromatic heterocycles. The van der Waals surface area contributed by atoms with Crippen molar-refractivity contribution >= 4 is 11.5 Å². The smallest absolute Gasteiger partial charge is 0.162 e. The molecule has 1 N–H and O–H groups in total. The zero-order valence-electron chi connectivity index (χ0n) is 12.6. The Hall–Kier alpha value is -2.16. The topological polar surface area (TPSA) is 29.1 Å². The number of benzene rings is 2. The minimum absolute atomic E-state index is 0.00664. The number of hydrogen-bond acceptors (Lipinski definition) is 2. The van der Waals surface area contributed by atoms with Crippen molar-refractivity contribution in [3.8, 4) is 0 Å². The van der Waals surface area contributed by atoms with E-state index in [9.17, 15) is 9.18 Å². The second-order valence-corrected chi connectivity index (χ2v) is 5.23. The summed E-state index contributed by atoms with van der Waals surface area (Å²) in [5, 5.41) is 3.31. The molecule has 2 aromatic carbocycles. The van der Waals surface area contributed by atoms with Crippen molar-refractivity contribution in [2.75, 3.05) is 5.32 Å². The van der Waals surface area contributed by atoms with Crippen LogP contribution in [-0.2, 0) is 0 Å². The highest BCUT2D eigenvalue weighted by Gasteiger charge is 2.08. The third kappa shape index (κ3) is 3.69. The van der Waals surface area contributed by atoms with Gasteiger partial charge in [0.2, 0.25) is 0 Å². The standard InChI is InChI=1S/C18H20FNO/c1-4-18(21)14-7-9-16(10-8-14)20-13(3)15-6-5-12(2)17(19)11-15/h5-11,13,20H,4H2,1-3H3. The molecule has 2 nitrogen and oxygen atoms in total. The zero-order valence-corrected chi connectivity index (χ0v) is 12.6. The Morgan fingerprint density at radius 2 is 1.86 bits per heavy atom. The van der Waals surface area contributed by atoms with Crippen LogP contribution >= 0.6 is 0 Å². The predicted octanol–water partition coefficient (Wildman–Crippen LogP) is 4.90. The summed E-state index contributed by atoms with van der Waals surface area (Å²) in [5.74, 6) is -0.0553. The van der Waals surface area contributed by atoms with E-state index in [1.165, 1.54) is 0 Å². The number of Topliss-reactive ketones (excluding diaryl/α,β-unsaturated/α-hetero) is 1. The third-order valence-corrected chi connectivity index (χ3v) is 3.61. The lowest BCUT2D eigenvalue weighted by molar-refractivity contribution is 0.0988. The van der Waals surface area contributed by atoms with Crippen LogP contribution in [0.4, 0.5) is 10.1 Å². The normalized spacial score (nSPS) is 12.0. The number of ketones is 1. The lowest BCUT2D eigenvalue weighted by Crippen LogP contribution is -2.07. The van der Waals surface area contributed by atoms with Crippen molar-refractivity contribution in [2.24, 2.45) is 0 Å². The minimum Gasteiger partial charge on any atom is -0.379 e. The minimum atomic E-state index is -0.190. The summed E-state index contributed by atoms with van der Waals surface area (Å²) in [6.45, 7) is 5.58. The molecule has 0 fully saturated rings. The van der Waals surface area contributed by atoms with E-state index in [0.29, 0.717) is 12.0 Å². The number of anilines is 1. The van der Waals surface area contributed by atoms with Crippen molar-refractivity contribution < 1.29 is 9.18 Å². The highest BCUT2D eigenvalue weighted by Crippen LogP contribution is 2.21. The summed E-state index contributed by atoms with van der Waals surface area (Å²) in [6.07, 6.45) is 0.506. The maximum Gasteiger partial charge on any atom is 0.162 e. The molecule has 0 saturated heterocycles. The molecule has 0 saturated carbocycles. The van der Waals surface area contributed by atoms with E-state index in [-0.39, 0.29) is 17.6 Å². The van der Waals surface area contributed by atoms with Crippen molar-refractivity contribution in [3.63, 3.8) is 0 Å². The van der Waals surface area contributed by atoms with Crippen LogP contribution < -0.4 is 5.32 Å². The Bertz CT molecular complexity index is 634. The van der Waals surface area contributed by atoms with Gasteiger partial charge in [-0.05, 0) is 55.3 Å². The SMILES string of the molecule is CCC(=O)c1ccc(NC(C)c2ccc(C)c(F)c2)cc1. The fourth-order valence-corrected chi connectivity index (χ4v) is 2.17. The zero-order chi connectivity index (χ0) is 15.4. The number of rotatable bonds is 5. The van der Waals surface area contributed by atoms with Crippen LogP contribution in [-0.4, -0.2) is 5.78 Å². The Labute approximate surface area is 125 Å². The van der Waals surface area contributed by atoms with Crippen LogP contribution in [0.3, 0.4) is 0 Å². The molecular formula is C18H20FNO. The molecule has 0 heterocycles. The summed E-state index contributed by atoms with van der Waals surface area (Å²) in [6, 6.07) is 12.6. The molecule has 0 radical (unpaired) electrons. The molecule has 1 unspecified atom stereocenters. The van der Waals surface area contributed by atoms with Gasteiger partial charge in [-0.3, -0.25) is 4.79 Å². The van der Waals surface area contributed by atoms with Gasteiger partial charge in [0.15, 0.2) is 5.78 Å². The molecule has 1 atom stereocenters. The van der Waals surface area contributed by atoms with Crippen molar-refractivity contribution in [1.82, 2.24) is 0 Å². The van der Waals surface area contributed by atoms with Crippen LogP contribution in [0.2, 0.25) is 0 Å². The molecule has 0 aliphatic carbocycles. The van der Waals surface area contributed by atoms with Crippen LogP contribution in [0.25, 0.3) is 0 Å². The molecule has 21 heavy (non-hydrogen) atoms. The lowest BCUT2D eigenvalue weighted by atomic mass is 10.0. The van der Waals surface area contributed by atoms with Crippen molar-refractivity contribution in [2.45, 2.75) is 33.2 Å². The second-order valence-electron chi connectivity index (χ2n) is 5.23. The Balaban J connectivity index is 2.10. The van der Waals surface area contributed by atoms with Gasteiger partial charge in [0, 0.05) is 23.7 Å². The van der Waals surface area contributed by atoms with E-state index in [0.717, 1.165) is 16.8 Å². The van der Waals surface area contributed by atoms with Gasteiger partial charge in [-0.1, -0.05) is 19.1 Å². The molecule has 2 rings (SSSR count). The number of aryl methyl sites for hydroxylation is 1.